The third kappa shape index (κ3) is 5.32. The number of nitrogens with zero attached hydrogens (tertiary/aromatic N) is 2. The summed E-state index contributed by atoms with van der Waals surface area (Å²) in [6, 6.07) is 15.7. The van der Waals surface area contributed by atoms with E-state index in [2.05, 4.69) is 4.90 Å². The lowest BCUT2D eigenvalue weighted by Gasteiger charge is -2.29. The van der Waals surface area contributed by atoms with Crippen molar-refractivity contribution >= 4 is 17.4 Å². The summed E-state index contributed by atoms with van der Waals surface area (Å²) in [5, 5.41) is 11.1. The van der Waals surface area contributed by atoms with Crippen molar-refractivity contribution in [2.45, 2.75) is 25.8 Å². The fourth-order valence-electron chi connectivity index (χ4n) is 4.46. The van der Waals surface area contributed by atoms with Crippen molar-refractivity contribution in [2.75, 3.05) is 46.0 Å². The maximum atomic E-state index is 13.1. The number of hydrogen-bond acceptors (Lipinski definition) is 6. The number of ether oxygens (including phenoxy) is 2. The van der Waals surface area contributed by atoms with Gasteiger partial charge in [-0.3, -0.25) is 14.5 Å². The van der Waals surface area contributed by atoms with Gasteiger partial charge in [0.15, 0.2) is 0 Å². The minimum atomic E-state index is -0.649. The summed E-state index contributed by atoms with van der Waals surface area (Å²) >= 11 is 0. The molecule has 2 aromatic carbocycles. The normalized spacial score (nSPS) is 20.6. The molecule has 0 radical (unpaired) electrons. The van der Waals surface area contributed by atoms with E-state index in [4.69, 9.17) is 9.47 Å². The maximum Gasteiger partial charge on any atom is 0.295 e. The molecule has 2 heterocycles. The van der Waals surface area contributed by atoms with Crippen LogP contribution in [0.4, 0.5) is 0 Å². The summed E-state index contributed by atoms with van der Waals surface area (Å²) in [7, 11) is 0. The first-order valence-electron chi connectivity index (χ1n) is 12.0. The van der Waals surface area contributed by atoms with Gasteiger partial charge >= 0.3 is 0 Å². The molecule has 34 heavy (non-hydrogen) atoms. The number of benzene rings is 2. The monoisotopic (exact) mass is 464 g/mol. The molecular formula is C27H32N2O5. The Balaban J connectivity index is 1.63. The third-order valence-corrected chi connectivity index (χ3v) is 6.23. The number of rotatable bonds is 9. The molecule has 0 spiro atoms. The number of likely N-dealkylation sites (tertiary alicyclic amines) is 1. The number of amides is 1. The molecule has 2 aliphatic heterocycles. The van der Waals surface area contributed by atoms with Crippen LogP contribution in [0.3, 0.4) is 0 Å². The lowest BCUT2D eigenvalue weighted by molar-refractivity contribution is -0.140. The molecule has 4 rings (SSSR count). The van der Waals surface area contributed by atoms with E-state index in [1.165, 1.54) is 0 Å². The van der Waals surface area contributed by atoms with Crippen molar-refractivity contribution in [3.63, 3.8) is 0 Å². The van der Waals surface area contributed by atoms with Gasteiger partial charge < -0.3 is 19.5 Å². The molecular weight excluding hydrogens is 432 g/mol. The minimum absolute atomic E-state index is 0.129. The van der Waals surface area contributed by atoms with Crippen molar-refractivity contribution in [2.24, 2.45) is 0 Å². The fourth-order valence-corrected chi connectivity index (χ4v) is 4.46. The predicted molar refractivity (Wildman–Crippen MR) is 130 cm³/mol. The topological polar surface area (TPSA) is 79.3 Å². The Morgan fingerprint density at radius 1 is 1.03 bits per heavy atom. The zero-order valence-corrected chi connectivity index (χ0v) is 19.6. The average molecular weight is 465 g/mol. The van der Waals surface area contributed by atoms with Gasteiger partial charge in [0.25, 0.3) is 11.7 Å². The molecule has 2 fully saturated rings. The largest absolute Gasteiger partial charge is 0.507 e. The van der Waals surface area contributed by atoms with Crippen LogP contribution in [0.15, 0.2) is 60.2 Å². The van der Waals surface area contributed by atoms with E-state index >= 15 is 0 Å². The Bertz CT molecular complexity index is 1010. The van der Waals surface area contributed by atoms with Crippen molar-refractivity contribution < 1.29 is 24.2 Å². The fraction of sp³-hybridized carbons (Fsp3) is 0.407. The summed E-state index contributed by atoms with van der Waals surface area (Å²) in [6.45, 7) is 7.08. The molecule has 0 saturated carbocycles. The number of carbonyl (C=O) groups excluding carboxylic acids is 2. The molecule has 180 valence electrons. The summed E-state index contributed by atoms with van der Waals surface area (Å²) in [5.41, 5.74) is 1.42. The molecule has 0 bridgehead atoms. The SMILES string of the molecule is CCCOc1ccc([C@H]2/C(=C(\O)c3ccccc3)C(=O)C(=O)N2CCCN2CCOCC2)cc1. The van der Waals surface area contributed by atoms with Crippen molar-refractivity contribution in [1.82, 2.24) is 9.80 Å². The Hall–Kier alpha value is -3.16. The van der Waals surface area contributed by atoms with Crippen LogP contribution in [0.5, 0.6) is 5.75 Å². The lowest BCUT2D eigenvalue weighted by Crippen LogP contribution is -2.38. The Labute approximate surface area is 200 Å². The van der Waals surface area contributed by atoms with Gasteiger partial charge in [0.1, 0.15) is 11.5 Å². The van der Waals surface area contributed by atoms with E-state index in [0.717, 1.165) is 43.8 Å². The highest BCUT2D eigenvalue weighted by atomic mass is 16.5. The maximum absolute atomic E-state index is 13.1. The van der Waals surface area contributed by atoms with E-state index in [9.17, 15) is 14.7 Å². The lowest BCUT2D eigenvalue weighted by atomic mass is 9.95. The number of aliphatic hydroxyl groups is 1. The molecule has 1 atom stereocenters. The van der Waals surface area contributed by atoms with Crippen LogP contribution < -0.4 is 4.74 Å². The molecule has 7 heteroatoms. The number of ketones is 1. The Morgan fingerprint density at radius 3 is 2.41 bits per heavy atom. The number of Topliss-reactive ketones (excluding diaryl/α,β-unsaturated/α-hetero) is 1. The zero-order chi connectivity index (χ0) is 23.9. The average Bonchev–Trinajstić information content (AvgIpc) is 3.13. The molecule has 0 unspecified atom stereocenters. The number of morpholine rings is 1. The zero-order valence-electron chi connectivity index (χ0n) is 19.6. The van der Waals surface area contributed by atoms with Crippen LogP contribution in [0.2, 0.25) is 0 Å². The Morgan fingerprint density at radius 2 is 1.74 bits per heavy atom. The van der Waals surface area contributed by atoms with Gasteiger partial charge in [0, 0.05) is 31.7 Å². The molecule has 2 aliphatic rings. The van der Waals surface area contributed by atoms with Crippen LogP contribution in [0, 0.1) is 0 Å². The number of aliphatic hydroxyl groups excluding tert-OH is 1. The first-order valence-corrected chi connectivity index (χ1v) is 12.0. The Kier molecular flexibility index (Phi) is 7.98. The molecule has 7 nitrogen and oxygen atoms in total. The minimum Gasteiger partial charge on any atom is -0.507 e. The number of carbonyl (C=O) groups is 2. The highest BCUT2D eigenvalue weighted by Gasteiger charge is 2.45. The third-order valence-electron chi connectivity index (χ3n) is 6.23. The second kappa shape index (κ2) is 11.3. The van der Waals surface area contributed by atoms with Crippen molar-refractivity contribution in [3.8, 4) is 5.75 Å². The van der Waals surface area contributed by atoms with Crippen molar-refractivity contribution in [3.05, 3.63) is 71.3 Å². The van der Waals surface area contributed by atoms with Crippen LogP contribution in [0.25, 0.3) is 5.76 Å². The quantitative estimate of drug-likeness (QED) is 0.347. The van der Waals surface area contributed by atoms with E-state index in [-0.39, 0.29) is 11.3 Å². The predicted octanol–water partition coefficient (Wildman–Crippen LogP) is 3.62. The van der Waals surface area contributed by atoms with Gasteiger partial charge in [-0.1, -0.05) is 49.4 Å². The smallest absolute Gasteiger partial charge is 0.295 e. The first kappa shape index (κ1) is 24.0. The van der Waals surface area contributed by atoms with Crippen LogP contribution in [-0.4, -0.2) is 72.6 Å². The highest BCUT2D eigenvalue weighted by molar-refractivity contribution is 6.46. The van der Waals surface area contributed by atoms with Gasteiger partial charge in [-0.2, -0.15) is 0 Å². The summed E-state index contributed by atoms with van der Waals surface area (Å²) in [5.74, 6) is -0.635. The second-order valence-corrected chi connectivity index (χ2v) is 8.58. The molecule has 2 aromatic rings. The molecule has 0 aromatic heterocycles. The molecule has 1 amide bonds. The van der Waals surface area contributed by atoms with Gasteiger partial charge in [-0.25, -0.2) is 0 Å². The van der Waals surface area contributed by atoms with E-state index in [1.54, 1.807) is 29.2 Å². The van der Waals surface area contributed by atoms with Crippen LogP contribution in [0.1, 0.15) is 36.9 Å². The molecule has 2 saturated heterocycles. The summed E-state index contributed by atoms with van der Waals surface area (Å²) < 4.78 is 11.1. The standard InChI is InChI=1S/C27H32N2O5/c1-2-17-34-22-11-9-20(10-12-22)24-23(25(30)21-7-4-3-5-8-21)26(31)27(32)29(24)14-6-13-28-15-18-33-19-16-28/h3-5,7-12,24,30H,2,6,13-19H2,1H3/b25-23+/t24-/m0/s1. The van der Waals surface area contributed by atoms with Crippen LogP contribution >= 0.6 is 0 Å². The van der Waals surface area contributed by atoms with Gasteiger partial charge in [-0.15, -0.1) is 0 Å². The number of hydrogen-bond donors (Lipinski definition) is 1. The summed E-state index contributed by atoms with van der Waals surface area (Å²) in [4.78, 5) is 30.1. The molecule has 1 N–H and O–H groups in total. The van der Waals surface area contributed by atoms with Crippen molar-refractivity contribution in [1.29, 1.82) is 0 Å². The van der Waals surface area contributed by atoms with Gasteiger partial charge in [0.2, 0.25) is 0 Å². The second-order valence-electron chi connectivity index (χ2n) is 8.58. The van der Waals surface area contributed by atoms with Gasteiger partial charge in [-0.05, 0) is 30.5 Å². The molecule has 0 aliphatic carbocycles. The van der Waals surface area contributed by atoms with E-state index < -0.39 is 17.7 Å². The highest BCUT2D eigenvalue weighted by Crippen LogP contribution is 2.39. The van der Waals surface area contributed by atoms with Gasteiger partial charge in [0.05, 0.1) is 31.4 Å². The van der Waals surface area contributed by atoms with Crippen LogP contribution in [-0.2, 0) is 14.3 Å². The van der Waals surface area contributed by atoms with E-state index in [1.807, 2.05) is 37.3 Å². The van der Waals surface area contributed by atoms with E-state index in [0.29, 0.717) is 31.9 Å². The summed E-state index contributed by atoms with van der Waals surface area (Å²) in [6.07, 6.45) is 1.63. The first-order chi connectivity index (χ1) is 16.6.